The highest BCUT2D eigenvalue weighted by molar-refractivity contribution is 8.00. The van der Waals surface area contributed by atoms with Gasteiger partial charge in [-0.3, -0.25) is 9.36 Å². The fraction of sp³-hybridized carbons (Fsp3) is 0.318. The summed E-state index contributed by atoms with van der Waals surface area (Å²) < 4.78 is 1.98. The van der Waals surface area contributed by atoms with Crippen molar-refractivity contribution in [3.63, 3.8) is 0 Å². The van der Waals surface area contributed by atoms with Gasteiger partial charge in [-0.25, -0.2) is 0 Å². The molecular formula is C22H24N4OS. The van der Waals surface area contributed by atoms with E-state index in [1.54, 1.807) is 6.33 Å². The van der Waals surface area contributed by atoms with Crippen LogP contribution in [0.15, 0.2) is 60.0 Å². The topological polar surface area (TPSA) is 51.0 Å². The molecule has 1 aromatic heterocycles. The maximum absolute atomic E-state index is 13.3. The van der Waals surface area contributed by atoms with E-state index in [2.05, 4.69) is 42.2 Å². The quantitative estimate of drug-likeness (QED) is 0.606. The maximum Gasteiger partial charge on any atom is 0.240 e. The summed E-state index contributed by atoms with van der Waals surface area (Å²) in [6, 6.07) is 16.3. The number of benzene rings is 2. The van der Waals surface area contributed by atoms with E-state index in [1.165, 1.54) is 17.3 Å². The number of thioether (sulfide) groups is 1. The molecule has 28 heavy (non-hydrogen) atoms. The van der Waals surface area contributed by atoms with E-state index in [-0.39, 0.29) is 11.2 Å². The van der Waals surface area contributed by atoms with Crippen LogP contribution in [0.1, 0.15) is 34.8 Å². The zero-order chi connectivity index (χ0) is 19.5. The molecule has 1 fully saturated rings. The van der Waals surface area contributed by atoms with Crippen LogP contribution in [0.5, 0.6) is 0 Å². The number of hydrogen-bond acceptors (Lipinski definition) is 4. The van der Waals surface area contributed by atoms with E-state index in [0.29, 0.717) is 0 Å². The molecule has 2 heterocycles. The van der Waals surface area contributed by atoms with Gasteiger partial charge in [0.25, 0.3) is 0 Å². The highest BCUT2D eigenvalue weighted by atomic mass is 32.2. The summed E-state index contributed by atoms with van der Waals surface area (Å²) in [5.41, 5.74) is 4.41. The number of carbonyl (C=O) groups excluding carboxylic acids is 1. The molecule has 4 rings (SSSR count). The smallest absolute Gasteiger partial charge is 0.240 e. The highest BCUT2D eigenvalue weighted by Crippen LogP contribution is 2.37. The van der Waals surface area contributed by atoms with Crippen molar-refractivity contribution in [3.05, 3.63) is 71.5 Å². The molecular weight excluding hydrogens is 368 g/mol. The van der Waals surface area contributed by atoms with Crippen LogP contribution < -0.4 is 0 Å². The normalized spacial score (nSPS) is 15.0. The van der Waals surface area contributed by atoms with Crippen molar-refractivity contribution < 1.29 is 4.79 Å². The van der Waals surface area contributed by atoms with Crippen molar-refractivity contribution in [3.8, 4) is 5.69 Å². The van der Waals surface area contributed by atoms with Gasteiger partial charge in [-0.15, -0.1) is 10.2 Å². The van der Waals surface area contributed by atoms with Crippen molar-refractivity contribution in [1.82, 2.24) is 19.7 Å². The molecule has 1 aliphatic rings. The fourth-order valence-electron chi connectivity index (χ4n) is 3.64. The van der Waals surface area contributed by atoms with Crippen LogP contribution in [-0.4, -0.2) is 38.7 Å². The first-order valence-corrected chi connectivity index (χ1v) is 10.5. The fourth-order valence-corrected chi connectivity index (χ4v) is 4.75. The van der Waals surface area contributed by atoms with Crippen LogP contribution in [-0.2, 0) is 4.79 Å². The van der Waals surface area contributed by atoms with Gasteiger partial charge in [0.15, 0.2) is 5.16 Å². The van der Waals surface area contributed by atoms with Gasteiger partial charge < -0.3 is 4.90 Å². The maximum atomic E-state index is 13.3. The standard InChI is InChI=1S/C22H24N4OS/c1-16-10-11-19(17(2)14-16)26-15-23-24-22(26)28-20(18-8-4-3-5-9-18)21(27)25-12-6-7-13-25/h3-5,8-11,14-15,20H,6-7,12-13H2,1-2H3. The first kappa shape index (κ1) is 18.7. The van der Waals surface area contributed by atoms with Gasteiger partial charge in [-0.2, -0.15) is 0 Å². The molecule has 3 aromatic rings. The van der Waals surface area contributed by atoms with Gasteiger partial charge >= 0.3 is 0 Å². The molecule has 6 heteroatoms. The summed E-state index contributed by atoms with van der Waals surface area (Å²) >= 11 is 1.48. The van der Waals surface area contributed by atoms with Crippen LogP contribution >= 0.6 is 11.8 Å². The van der Waals surface area contributed by atoms with E-state index in [1.807, 2.05) is 39.8 Å². The van der Waals surface area contributed by atoms with Gasteiger partial charge in [0.2, 0.25) is 5.91 Å². The van der Waals surface area contributed by atoms with Crippen LogP contribution in [0, 0.1) is 13.8 Å². The zero-order valence-corrected chi connectivity index (χ0v) is 17.0. The summed E-state index contributed by atoms with van der Waals surface area (Å²) in [6.45, 7) is 5.85. The highest BCUT2D eigenvalue weighted by Gasteiger charge is 2.30. The summed E-state index contributed by atoms with van der Waals surface area (Å²) in [7, 11) is 0. The summed E-state index contributed by atoms with van der Waals surface area (Å²) in [5.74, 6) is 0.156. The minimum Gasteiger partial charge on any atom is -0.341 e. The van der Waals surface area contributed by atoms with Gasteiger partial charge in [-0.05, 0) is 43.9 Å². The van der Waals surface area contributed by atoms with Crippen molar-refractivity contribution in [2.75, 3.05) is 13.1 Å². The Morgan fingerprint density at radius 2 is 1.82 bits per heavy atom. The van der Waals surface area contributed by atoms with Crippen LogP contribution in [0.25, 0.3) is 5.69 Å². The van der Waals surface area contributed by atoms with E-state index >= 15 is 0 Å². The van der Waals surface area contributed by atoms with E-state index in [4.69, 9.17) is 0 Å². The molecule has 0 N–H and O–H groups in total. The average Bonchev–Trinajstić information content (AvgIpc) is 3.39. The lowest BCUT2D eigenvalue weighted by molar-refractivity contribution is -0.129. The first-order valence-electron chi connectivity index (χ1n) is 9.61. The van der Waals surface area contributed by atoms with Crippen LogP contribution in [0.2, 0.25) is 0 Å². The second-order valence-corrected chi connectivity index (χ2v) is 8.29. The van der Waals surface area contributed by atoms with E-state index in [9.17, 15) is 4.79 Å². The Hall–Kier alpha value is -2.60. The summed E-state index contributed by atoms with van der Waals surface area (Å²) in [6.07, 6.45) is 3.88. The predicted molar refractivity (Wildman–Crippen MR) is 112 cm³/mol. The molecule has 1 aliphatic heterocycles. The van der Waals surface area contributed by atoms with E-state index in [0.717, 1.165) is 47.9 Å². The summed E-state index contributed by atoms with van der Waals surface area (Å²) in [4.78, 5) is 15.3. The number of likely N-dealkylation sites (tertiary alicyclic amines) is 1. The lowest BCUT2D eigenvalue weighted by atomic mass is 10.1. The Morgan fingerprint density at radius 3 is 2.54 bits per heavy atom. The molecule has 5 nitrogen and oxygen atoms in total. The Balaban J connectivity index is 1.68. The lowest BCUT2D eigenvalue weighted by Gasteiger charge is -2.23. The molecule has 1 amide bonds. The van der Waals surface area contributed by atoms with Gasteiger partial charge in [0, 0.05) is 13.1 Å². The second kappa shape index (κ2) is 8.19. The minimum absolute atomic E-state index is 0.156. The minimum atomic E-state index is -0.326. The molecule has 144 valence electrons. The Kier molecular flexibility index (Phi) is 5.48. The molecule has 0 radical (unpaired) electrons. The van der Waals surface area contributed by atoms with Crippen LogP contribution in [0.4, 0.5) is 0 Å². The molecule has 1 atom stereocenters. The van der Waals surface area contributed by atoms with Gasteiger partial charge in [0.05, 0.1) is 5.69 Å². The van der Waals surface area contributed by atoms with Crippen molar-refractivity contribution in [1.29, 1.82) is 0 Å². The molecule has 0 spiro atoms. The monoisotopic (exact) mass is 392 g/mol. The Morgan fingerprint density at radius 1 is 1.07 bits per heavy atom. The van der Waals surface area contributed by atoms with Crippen LogP contribution in [0.3, 0.4) is 0 Å². The molecule has 0 saturated carbocycles. The Bertz CT molecular complexity index is 964. The van der Waals surface area contributed by atoms with Gasteiger partial charge in [0.1, 0.15) is 11.6 Å². The average molecular weight is 393 g/mol. The number of amides is 1. The molecule has 2 aromatic carbocycles. The number of rotatable bonds is 5. The largest absolute Gasteiger partial charge is 0.341 e. The molecule has 0 bridgehead atoms. The number of hydrogen-bond donors (Lipinski definition) is 0. The number of aryl methyl sites for hydroxylation is 2. The molecule has 1 saturated heterocycles. The number of carbonyl (C=O) groups is 1. The zero-order valence-electron chi connectivity index (χ0n) is 16.2. The molecule has 0 aliphatic carbocycles. The Labute approximate surface area is 169 Å². The third kappa shape index (κ3) is 3.83. The lowest BCUT2D eigenvalue weighted by Crippen LogP contribution is -2.31. The third-order valence-corrected chi connectivity index (χ3v) is 6.29. The van der Waals surface area contributed by atoms with Crippen molar-refractivity contribution in [2.24, 2.45) is 0 Å². The number of aromatic nitrogens is 3. The second-order valence-electron chi connectivity index (χ2n) is 7.21. The van der Waals surface area contributed by atoms with Crippen molar-refractivity contribution in [2.45, 2.75) is 37.1 Å². The third-order valence-electron chi connectivity index (χ3n) is 5.10. The van der Waals surface area contributed by atoms with Gasteiger partial charge in [-0.1, -0.05) is 59.8 Å². The SMILES string of the molecule is Cc1ccc(-n2cnnc2SC(C(=O)N2CCCC2)c2ccccc2)c(C)c1. The van der Waals surface area contributed by atoms with Crippen molar-refractivity contribution >= 4 is 17.7 Å². The van der Waals surface area contributed by atoms with E-state index < -0.39 is 0 Å². The predicted octanol–water partition coefficient (Wildman–Crippen LogP) is 4.34. The molecule has 1 unspecified atom stereocenters. The first-order chi connectivity index (χ1) is 13.6. The number of nitrogens with zero attached hydrogens (tertiary/aromatic N) is 4. The summed E-state index contributed by atoms with van der Waals surface area (Å²) in [5, 5.41) is 8.87.